The van der Waals surface area contributed by atoms with Crippen molar-refractivity contribution in [1.82, 2.24) is 15.2 Å². The van der Waals surface area contributed by atoms with Crippen molar-refractivity contribution >= 4 is 0 Å². The number of hydrogen-bond acceptors (Lipinski definition) is 6. The molecule has 122 valence electrons. The highest BCUT2D eigenvalue weighted by atomic mass is 16.5. The molecule has 0 unspecified atom stereocenters. The van der Waals surface area contributed by atoms with Gasteiger partial charge in [-0.3, -0.25) is 10.1 Å². The van der Waals surface area contributed by atoms with E-state index in [-0.39, 0.29) is 11.6 Å². The van der Waals surface area contributed by atoms with Crippen molar-refractivity contribution in [2.45, 2.75) is 5.92 Å². The lowest BCUT2D eigenvalue weighted by atomic mass is 9.83. The van der Waals surface area contributed by atoms with E-state index in [1.807, 2.05) is 12.1 Å². The molecule has 3 heterocycles. The fraction of sp³-hybridized carbons (Fsp3) is 0.0556. The number of fused-ring (bicyclic) bond motifs is 1. The summed E-state index contributed by atoms with van der Waals surface area (Å²) in [7, 11) is 0. The summed E-state index contributed by atoms with van der Waals surface area (Å²) in [6.07, 6.45) is 3.36. The van der Waals surface area contributed by atoms with Gasteiger partial charge in [0, 0.05) is 18.0 Å². The van der Waals surface area contributed by atoms with Gasteiger partial charge >= 0.3 is 0 Å². The lowest BCUT2D eigenvalue weighted by Crippen LogP contribution is -2.20. The molecule has 7 nitrogen and oxygen atoms in total. The second kappa shape index (κ2) is 5.69. The van der Waals surface area contributed by atoms with E-state index in [1.165, 1.54) is 0 Å². The highest BCUT2D eigenvalue weighted by molar-refractivity contribution is 5.70. The molecule has 25 heavy (non-hydrogen) atoms. The minimum atomic E-state index is -0.448. The van der Waals surface area contributed by atoms with Gasteiger partial charge < -0.3 is 15.6 Å². The molecule has 4 rings (SSSR count). The molecule has 3 aromatic rings. The summed E-state index contributed by atoms with van der Waals surface area (Å²) in [6.45, 7) is 0. The van der Waals surface area contributed by atoms with Gasteiger partial charge in [0.2, 0.25) is 11.8 Å². The normalized spacial score (nSPS) is 16.0. The van der Waals surface area contributed by atoms with Crippen LogP contribution in [0.25, 0.3) is 11.3 Å². The Morgan fingerprint density at radius 3 is 2.56 bits per heavy atom. The number of nitrogens with zero attached hydrogens (tertiary/aromatic N) is 3. The van der Waals surface area contributed by atoms with E-state index in [0.717, 1.165) is 22.4 Å². The van der Waals surface area contributed by atoms with Crippen molar-refractivity contribution in [2.24, 2.45) is 5.73 Å². The van der Waals surface area contributed by atoms with Gasteiger partial charge in [0.1, 0.15) is 17.4 Å². The maximum absolute atomic E-state index is 9.61. The zero-order chi connectivity index (χ0) is 17.4. The lowest BCUT2D eigenvalue weighted by Gasteiger charge is -2.24. The Bertz CT molecular complexity index is 1000. The predicted molar refractivity (Wildman–Crippen MR) is 89.2 cm³/mol. The smallest absolute Gasteiger partial charge is 0.244 e. The summed E-state index contributed by atoms with van der Waals surface area (Å²) in [6, 6.07) is 12.5. The van der Waals surface area contributed by atoms with E-state index in [4.69, 9.17) is 10.5 Å². The molecular formula is C18H13N5O2. The van der Waals surface area contributed by atoms with Crippen LogP contribution in [0, 0.1) is 11.3 Å². The first-order valence-electron chi connectivity index (χ1n) is 7.54. The Kier molecular flexibility index (Phi) is 3.36. The summed E-state index contributed by atoms with van der Waals surface area (Å²) >= 11 is 0. The fourth-order valence-electron chi connectivity index (χ4n) is 2.98. The summed E-state index contributed by atoms with van der Waals surface area (Å²) in [5.74, 6) is 0.0616. The Hall–Kier alpha value is -3.79. The molecule has 0 spiro atoms. The summed E-state index contributed by atoms with van der Waals surface area (Å²) in [5, 5.41) is 26.4. The van der Waals surface area contributed by atoms with Crippen molar-refractivity contribution in [3.63, 3.8) is 0 Å². The second-order valence-electron chi connectivity index (χ2n) is 5.57. The maximum atomic E-state index is 9.61. The topological polar surface area (TPSA) is 121 Å². The predicted octanol–water partition coefficient (Wildman–Crippen LogP) is 2.40. The maximum Gasteiger partial charge on any atom is 0.244 e. The van der Waals surface area contributed by atoms with Crippen molar-refractivity contribution in [3.8, 4) is 29.0 Å². The quantitative estimate of drug-likeness (QED) is 0.663. The Labute approximate surface area is 143 Å². The number of hydrogen-bond donors (Lipinski definition) is 3. The standard InChI is InChI=1S/C18H13N5O2/c19-9-13-14(10-1-3-12(24)4-2-10)15-16(11-5-7-21-8-6-11)22-23-18(15)25-17(13)20/h1-8,14,24H,20H2,(H,22,23)/t14-/m0/s1. The van der Waals surface area contributed by atoms with E-state index in [1.54, 1.807) is 36.7 Å². The van der Waals surface area contributed by atoms with Gasteiger partial charge in [0.15, 0.2) is 0 Å². The van der Waals surface area contributed by atoms with Crippen LogP contribution in [0.3, 0.4) is 0 Å². The van der Waals surface area contributed by atoms with E-state index in [0.29, 0.717) is 11.5 Å². The van der Waals surface area contributed by atoms with Crippen LogP contribution >= 0.6 is 0 Å². The SMILES string of the molecule is N#CC1=C(N)Oc2n[nH]c(-c3ccncc3)c2[C@H]1c1ccc(O)cc1. The second-order valence-corrected chi connectivity index (χ2v) is 5.57. The van der Waals surface area contributed by atoms with Crippen molar-refractivity contribution < 1.29 is 9.84 Å². The third-order valence-corrected chi connectivity index (χ3v) is 4.13. The van der Waals surface area contributed by atoms with E-state index in [2.05, 4.69) is 21.3 Å². The molecular weight excluding hydrogens is 318 g/mol. The van der Waals surface area contributed by atoms with E-state index < -0.39 is 5.92 Å². The first-order chi connectivity index (χ1) is 12.2. The van der Waals surface area contributed by atoms with Crippen molar-refractivity contribution in [3.05, 3.63) is 71.4 Å². The van der Waals surface area contributed by atoms with Crippen LogP contribution in [0.1, 0.15) is 17.0 Å². The molecule has 0 aliphatic carbocycles. The molecule has 0 bridgehead atoms. The van der Waals surface area contributed by atoms with E-state index in [9.17, 15) is 10.4 Å². The van der Waals surface area contributed by atoms with Gasteiger partial charge in [0.25, 0.3) is 0 Å². The molecule has 0 radical (unpaired) electrons. The fourth-order valence-corrected chi connectivity index (χ4v) is 2.98. The highest BCUT2D eigenvalue weighted by Gasteiger charge is 2.35. The van der Waals surface area contributed by atoms with Crippen LogP contribution in [0.2, 0.25) is 0 Å². The Balaban J connectivity index is 1.95. The zero-order valence-electron chi connectivity index (χ0n) is 13.0. The first-order valence-corrected chi connectivity index (χ1v) is 7.54. The number of aromatic hydroxyl groups is 1. The number of aromatic amines is 1. The lowest BCUT2D eigenvalue weighted by molar-refractivity contribution is 0.379. The number of ether oxygens (including phenoxy) is 1. The van der Waals surface area contributed by atoms with Crippen LogP contribution in [0.4, 0.5) is 0 Å². The summed E-state index contributed by atoms with van der Waals surface area (Å²) in [5.41, 5.74) is 9.36. The molecule has 1 aliphatic heterocycles. The first kappa shape index (κ1) is 14.8. The molecule has 7 heteroatoms. The van der Waals surface area contributed by atoms with Crippen LogP contribution in [-0.2, 0) is 0 Å². The Morgan fingerprint density at radius 2 is 1.88 bits per heavy atom. The largest absolute Gasteiger partial charge is 0.508 e. The van der Waals surface area contributed by atoms with Crippen LogP contribution < -0.4 is 10.5 Å². The van der Waals surface area contributed by atoms with Gasteiger partial charge in [-0.25, -0.2) is 0 Å². The van der Waals surface area contributed by atoms with Gasteiger partial charge in [-0.05, 0) is 29.8 Å². The molecule has 1 aliphatic rings. The third kappa shape index (κ3) is 2.37. The molecule has 2 aromatic heterocycles. The molecule has 0 saturated carbocycles. The number of benzene rings is 1. The van der Waals surface area contributed by atoms with Crippen LogP contribution in [0.15, 0.2) is 60.2 Å². The number of nitrogens with one attached hydrogen (secondary N) is 1. The zero-order valence-corrected chi connectivity index (χ0v) is 13.0. The minimum absolute atomic E-state index is 0.0286. The number of rotatable bonds is 2. The molecule has 0 fully saturated rings. The number of nitriles is 1. The summed E-state index contributed by atoms with van der Waals surface area (Å²) < 4.78 is 5.54. The minimum Gasteiger partial charge on any atom is -0.508 e. The highest BCUT2D eigenvalue weighted by Crippen LogP contribution is 2.45. The average molecular weight is 331 g/mol. The van der Waals surface area contributed by atoms with Gasteiger partial charge in [0.05, 0.1) is 17.2 Å². The third-order valence-electron chi connectivity index (χ3n) is 4.13. The number of aromatic nitrogens is 3. The molecule has 0 amide bonds. The Morgan fingerprint density at radius 1 is 1.16 bits per heavy atom. The van der Waals surface area contributed by atoms with Crippen molar-refractivity contribution in [1.29, 1.82) is 5.26 Å². The monoisotopic (exact) mass is 331 g/mol. The van der Waals surface area contributed by atoms with Crippen LogP contribution in [0.5, 0.6) is 11.6 Å². The van der Waals surface area contributed by atoms with Gasteiger partial charge in [-0.15, -0.1) is 5.10 Å². The molecule has 1 aromatic carbocycles. The summed E-state index contributed by atoms with van der Waals surface area (Å²) in [4.78, 5) is 4.02. The van der Waals surface area contributed by atoms with Gasteiger partial charge in [-0.1, -0.05) is 12.1 Å². The van der Waals surface area contributed by atoms with Crippen molar-refractivity contribution in [2.75, 3.05) is 0 Å². The number of nitrogens with two attached hydrogens (primary N) is 1. The number of phenolic OH excluding ortho intramolecular Hbond substituents is 1. The van der Waals surface area contributed by atoms with E-state index >= 15 is 0 Å². The van der Waals surface area contributed by atoms with Crippen LogP contribution in [-0.4, -0.2) is 20.3 Å². The number of phenols is 1. The molecule has 4 N–H and O–H groups in total. The number of allylic oxidation sites excluding steroid dienone is 1. The number of pyridine rings is 1. The molecule has 0 saturated heterocycles. The number of H-pyrrole nitrogens is 1. The molecule has 1 atom stereocenters. The van der Waals surface area contributed by atoms with Gasteiger partial charge in [-0.2, -0.15) is 5.26 Å². The average Bonchev–Trinajstić information content (AvgIpc) is 3.05.